The maximum Gasteiger partial charge on any atom is 0.225 e. The molecule has 6 heteroatoms. The Labute approximate surface area is 160 Å². The molecule has 142 valence electrons. The molecule has 2 heterocycles. The highest BCUT2D eigenvalue weighted by atomic mass is 16.5. The first-order chi connectivity index (χ1) is 13.2. The number of carbonyl (C=O) groups is 1. The largest absolute Gasteiger partial charge is 0.378 e. The maximum atomic E-state index is 12.6. The molecule has 0 saturated carbocycles. The summed E-state index contributed by atoms with van der Waals surface area (Å²) in [4.78, 5) is 24.1. The SMILES string of the molecule is Cc1ccc(CNC(=O)[C@@H]2CCc3nc(N4CCOCC4)ncc3C2)cc1. The fourth-order valence-electron chi connectivity index (χ4n) is 3.68. The van der Waals surface area contributed by atoms with Crippen molar-refractivity contribution < 1.29 is 9.53 Å². The summed E-state index contributed by atoms with van der Waals surface area (Å²) < 4.78 is 5.39. The summed E-state index contributed by atoms with van der Waals surface area (Å²) >= 11 is 0. The molecule has 1 aliphatic heterocycles. The predicted octanol–water partition coefficient (Wildman–Crippen LogP) is 2.04. The fraction of sp³-hybridized carbons (Fsp3) is 0.476. The molecule has 6 nitrogen and oxygen atoms in total. The van der Waals surface area contributed by atoms with E-state index in [0.717, 1.165) is 68.3 Å². The Morgan fingerprint density at radius 1 is 1.26 bits per heavy atom. The number of nitrogens with one attached hydrogen (secondary N) is 1. The zero-order valence-electron chi connectivity index (χ0n) is 15.8. The van der Waals surface area contributed by atoms with Crippen LogP contribution in [0.15, 0.2) is 30.5 Å². The van der Waals surface area contributed by atoms with Crippen molar-refractivity contribution in [3.63, 3.8) is 0 Å². The number of amides is 1. The first-order valence-electron chi connectivity index (χ1n) is 9.70. The van der Waals surface area contributed by atoms with Crippen LogP contribution in [0, 0.1) is 12.8 Å². The van der Waals surface area contributed by atoms with E-state index in [2.05, 4.69) is 46.4 Å². The van der Waals surface area contributed by atoms with Crippen LogP contribution in [0.1, 0.15) is 28.8 Å². The minimum atomic E-state index is 0.000727. The Kier molecular flexibility index (Phi) is 5.34. The van der Waals surface area contributed by atoms with E-state index in [-0.39, 0.29) is 11.8 Å². The summed E-state index contributed by atoms with van der Waals surface area (Å²) in [7, 11) is 0. The third kappa shape index (κ3) is 4.27. The molecule has 0 bridgehead atoms. The van der Waals surface area contributed by atoms with E-state index in [9.17, 15) is 4.79 Å². The zero-order valence-corrected chi connectivity index (χ0v) is 15.8. The molecule has 1 amide bonds. The van der Waals surface area contributed by atoms with Gasteiger partial charge in [0.15, 0.2) is 0 Å². The molecule has 1 aromatic carbocycles. The molecule has 0 spiro atoms. The normalized spacial score (nSPS) is 19.4. The number of ether oxygens (including phenoxy) is 1. The van der Waals surface area contributed by atoms with E-state index in [1.807, 2.05) is 6.20 Å². The van der Waals surface area contributed by atoms with Crippen molar-refractivity contribution in [2.24, 2.45) is 5.92 Å². The molecule has 1 aliphatic carbocycles. The van der Waals surface area contributed by atoms with Gasteiger partial charge in [0, 0.05) is 37.4 Å². The number of carbonyl (C=O) groups excluding carboxylic acids is 1. The van der Waals surface area contributed by atoms with Gasteiger partial charge >= 0.3 is 0 Å². The second kappa shape index (κ2) is 8.05. The topological polar surface area (TPSA) is 67.4 Å². The molecular weight excluding hydrogens is 340 g/mol. The standard InChI is InChI=1S/C21H26N4O2/c1-15-2-4-16(5-3-15)13-22-20(26)17-6-7-19-18(12-17)14-23-21(24-19)25-8-10-27-11-9-25/h2-5,14,17H,6-13H2,1H3,(H,22,26)/t17-/m1/s1. The minimum absolute atomic E-state index is 0.000727. The lowest BCUT2D eigenvalue weighted by atomic mass is 9.86. The Bertz CT molecular complexity index is 800. The summed E-state index contributed by atoms with van der Waals surface area (Å²) in [5.74, 6) is 0.915. The van der Waals surface area contributed by atoms with E-state index in [1.54, 1.807) is 0 Å². The summed E-state index contributed by atoms with van der Waals surface area (Å²) in [5, 5.41) is 3.08. The van der Waals surface area contributed by atoms with Crippen LogP contribution in [-0.4, -0.2) is 42.2 Å². The number of morpholine rings is 1. The van der Waals surface area contributed by atoms with Crippen molar-refractivity contribution in [3.8, 4) is 0 Å². The molecule has 2 aromatic rings. The minimum Gasteiger partial charge on any atom is -0.378 e. The number of aromatic nitrogens is 2. The van der Waals surface area contributed by atoms with Gasteiger partial charge in [-0.3, -0.25) is 4.79 Å². The van der Waals surface area contributed by atoms with Crippen LogP contribution < -0.4 is 10.2 Å². The summed E-state index contributed by atoms with van der Waals surface area (Å²) in [6, 6.07) is 8.27. The Balaban J connectivity index is 1.36. The van der Waals surface area contributed by atoms with E-state index in [0.29, 0.717) is 6.54 Å². The summed E-state index contributed by atoms with van der Waals surface area (Å²) in [6.07, 6.45) is 4.30. The first-order valence-corrected chi connectivity index (χ1v) is 9.70. The van der Waals surface area contributed by atoms with E-state index >= 15 is 0 Å². The second-order valence-corrected chi connectivity index (χ2v) is 7.38. The molecule has 0 radical (unpaired) electrons. The zero-order chi connectivity index (χ0) is 18.6. The number of rotatable bonds is 4. The van der Waals surface area contributed by atoms with Crippen LogP contribution in [0.2, 0.25) is 0 Å². The van der Waals surface area contributed by atoms with Crippen LogP contribution in [-0.2, 0) is 28.9 Å². The van der Waals surface area contributed by atoms with Crippen LogP contribution in [0.5, 0.6) is 0 Å². The van der Waals surface area contributed by atoms with E-state index in [4.69, 9.17) is 9.72 Å². The number of benzene rings is 1. The van der Waals surface area contributed by atoms with Gasteiger partial charge in [0.05, 0.1) is 13.2 Å². The number of fused-ring (bicyclic) bond motifs is 1. The quantitative estimate of drug-likeness (QED) is 0.897. The van der Waals surface area contributed by atoms with Crippen molar-refractivity contribution in [1.29, 1.82) is 0 Å². The average Bonchev–Trinajstić information content (AvgIpc) is 2.73. The van der Waals surface area contributed by atoms with Gasteiger partial charge in [-0.25, -0.2) is 9.97 Å². The number of hydrogen-bond acceptors (Lipinski definition) is 5. The number of hydrogen-bond donors (Lipinski definition) is 1. The molecule has 1 fully saturated rings. The molecule has 1 atom stereocenters. The molecule has 0 unspecified atom stereocenters. The van der Waals surface area contributed by atoms with Crippen LogP contribution in [0.4, 0.5) is 5.95 Å². The van der Waals surface area contributed by atoms with Gasteiger partial charge in [-0.05, 0) is 37.3 Å². The number of aryl methyl sites for hydroxylation is 2. The highest BCUT2D eigenvalue weighted by Crippen LogP contribution is 2.25. The van der Waals surface area contributed by atoms with Crippen molar-refractivity contribution in [2.75, 3.05) is 31.2 Å². The van der Waals surface area contributed by atoms with Gasteiger partial charge in [-0.1, -0.05) is 29.8 Å². The summed E-state index contributed by atoms with van der Waals surface area (Å²) in [6.45, 7) is 5.77. The van der Waals surface area contributed by atoms with Gasteiger partial charge in [-0.2, -0.15) is 0 Å². The first kappa shape index (κ1) is 17.9. The average molecular weight is 366 g/mol. The Morgan fingerprint density at radius 2 is 2.04 bits per heavy atom. The van der Waals surface area contributed by atoms with E-state index < -0.39 is 0 Å². The second-order valence-electron chi connectivity index (χ2n) is 7.38. The number of anilines is 1. The highest BCUT2D eigenvalue weighted by Gasteiger charge is 2.26. The van der Waals surface area contributed by atoms with Gasteiger partial charge in [0.25, 0.3) is 0 Å². The monoisotopic (exact) mass is 366 g/mol. The van der Waals surface area contributed by atoms with Crippen molar-refractivity contribution in [1.82, 2.24) is 15.3 Å². The predicted molar refractivity (Wildman–Crippen MR) is 104 cm³/mol. The maximum absolute atomic E-state index is 12.6. The lowest BCUT2D eigenvalue weighted by Gasteiger charge is -2.28. The van der Waals surface area contributed by atoms with Crippen molar-refractivity contribution in [2.45, 2.75) is 32.7 Å². The molecule has 1 aromatic heterocycles. The Hall–Kier alpha value is -2.47. The van der Waals surface area contributed by atoms with Crippen molar-refractivity contribution >= 4 is 11.9 Å². The van der Waals surface area contributed by atoms with E-state index in [1.165, 1.54) is 5.56 Å². The molecule has 1 saturated heterocycles. The number of nitrogens with zero attached hydrogens (tertiary/aromatic N) is 3. The van der Waals surface area contributed by atoms with Gasteiger partial charge in [0.2, 0.25) is 11.9 Å². The fourth-order valence-corrected chi connectivity index (χ4v) is 3.68. The van der Waals surface area contributed by atoms with Crippen LogP contribution in [0.3, 0.4) is 0 Å². The Morgan fingerprint density at radius 3 is 2.81 bits per heavy atom. The molecule has 1 N–H and O–H groups in total. The molecule has 2 aliphatic rings. The lowest BCUT2D eigenvalue weighted by Crippen LogP contribution is -2.38. The highest BCUT2D eigenvalue weighted by molar-refractivity contribution is 5.79. The molecule has 4 rings (SSSR count). The van der Waals surface area contributed by atoms with Gasteiger partial charge < -0.3 is 15.0 Å². The molecular formula is C21H26N4O2. The third-order valence-electron chi connectivity index (χ3n) is 5.39. The summed E-state index contributed by atoms with van der Waals surface area (Å²) in [5.41, 5.74) is 4.55. The van der Waals surface area contributed by atoms with Gasteiger partial charge in [-0.15, -0.1) is 0 Å². The third-order valence-corrected chi connectivity index (χ3v) is 5.39. The van der Waals surface area contributed by atoms with Crippen LogP contribution in [0.25, 0.3) is 0 Å². The smallest absolute Gasteiger partial charge is 0.225 e. The lowest BCUT2D eigenvalue weighted by molar-refractivity contribution is -0.125. The van der Waals surface area contributed by atoms with Crippen molar-refractivity contribution in [3.05, 3.63) is 52.8 Å². The van der Waals surface area contributed by atoms with Crippen LogP contribution >= 0.6 is 0 Å². The molecule has 27 heavy (non-hydrogen) atoms. The van der Waals surface area contributed by atoms with Gasteiger partial charge in [0.1, 0.15) is 0 Å².